The van der Waals surface area contributed by atoms with Crippen LogP contribution in [0.3, 0.4) is 0 Å². The molecule has 0 radical (unpaired) electrons. The van der Waals surface area contributed by atoms with Gasteiger partial charge in [0.1, 0.15) is 12.2 Å². The molecule has 5 nitrogen and oxygen atoms in total. The molecule has 0 spiro atoms. The van der Waals surface area contributed by atoms with Crippen molar-refractivity contribution in [2.24, 2.45) is 0 Å². The highest BCUT2D eigenvalue weighted by molar-refractivity contribution is 5.88. The molecule has 0 amide bonds. The number of hydrogen-bond donors (Lipinski definition) is 2. The predicted octanol–water partition coefficient (Wildman–Crippen LogP) is -1.97. The number of ether oxygens (including phenoxy) is 2. The van der Waals surface area contributed by atoms with Gasteiger partial charge in [-0.2, -0.15) is 0 Å². The van der Waals surface area contributed by atoms with Crippen molar-refractivity contribution in [2.75, 3.05) is 6.61 Å². The van der Waals surface area contributed by atoms with E-state index < -0.39 is 30.4 Å². The molecule has 2 aliphatic heterocycles. The number of rotatable bonds is 0. The van der Waals surface area contributed by atoms with Gasteiger partial charge in [0.05, 0.1) is 6.61 Å². The lowest BCUT2D eigenvalue weighted by Gasteiger charge is -2.25. The number of ketones is 1. The van der Waals surface area contributed by atoms with E-state index in [2.05, 4.69) is 0 Å². The lowest BCUT2D eigenvalue weighted by molar-refractivity contribution is -0.188. The molecule has 2 heterocycles. The fourth-order valence-corrected chi connectivity index (χ4v) is 1.26. The second-order valence-corrected chi connectivity index (χ2v) is 2.67. The second kappa shape index (κ2) is 2.25. The van der Waals surface area contributed by atoms with E-state index in [0.29, 0.717) is 0 Å². The maximum absolute atomic E-state index is 10.9. The second-order valence-electron chi connectivity index (χ2n) is 2.67. The summed E-state index contributed by atoms with van der Waals surface area (Å²) in [5.74, 6) is -0.608. The third kappa shape index (κ3) is 0.893. The van der Waals surface area contributed by atoms with Gasteiger partial charge >= 0.3 is 0 Å². The summed E-state index contributed by atoms with van der Waals surface area (Å²) in [7, 11) is 0. The van der Waals surface area contributed by atoms with Crippen molar-refractivity contribution in [3.8, 4) is 0 Å². The molecule has 2 bridgehead atoms. The Morgan fingerprint density at radius 2 is 2.09 bits per heavy atom. The van der Waals surface area contributed by atoms with Crippen LogP contribution in [0.2, 0.25) is 0 Å². The lowest BCUT2D eigenvalue weighted by atomic mass is 10.0. The molecule has 62 valence electrons. The Labute approximate surface area is 62.5 Å². The number of carbonyl (C=O) groups excluding carboxylic acids is 1. The van der Waals surface area contributed by atoms with Crippen LogP contribution in [0.1, 0.15) is 0 Å². The monoisotopic (exact) mass is 160 g/mol. The van der Waals surface area contributed by atoms with Crippen molar-refractivity contribution in [3.05, 3.63) is 0 Å². The highest BCUT2D eigenvalue weighted by atomic mass is 16.7. The Hall–Kier alpha value is -0.490. The molecule has 0 aromatic carbocycles. The van der Waals surface area contributed by atoms with E-state index in [0.717, 1.165) is 0 Å². The Morgan fingerprint density at radius 3 is 2.82 bits per heavy atom. The Bertz CT molecular complexity index is 173. The van der Waals surface area contributed by atoms with Gasteiger partial charge < -0.3 is 19.7 Å². The van der Waals surface area contributed by atoms with Crippen LogP contribution in [-0.2, 0) is 14.3 Å². The van der Waals surface area contributed by atoms with E-state index in [1.807, 2.05) is 0 Å². The van der Waals surface area contributed by atoms with Crippen LogP contribution in [0.25, 0.3) is 0 Å². The molecule has 2 aliphatic rings. The quantitative estimate of drug-likeness (QED) is 0.430. The largest absolute Gasteiger partial charge is 0.382 e. The molecule has 0 aliphatic carbocycles. The van der Waals surface area contributed by atoms with E-state index in [9.17, 15) is 4.79 Å². The molecule has 0 saturated carbocycles. The van der Waals surface area contributed by atoms with Crippen LogP contribution in [0.15, 0.2) is 0 Å². The van der Waals surface area contributed by atoms with Gasteiger partial charge in [-0.3, -0.25) is 4.79 Å². The molecule has 2 fully saturated rings. The van der Waals surface area contributed by atoms with Crippen molar-refractivity contribution in [2.45, 2.75) is 24.6 Å². The number of aliphatic hydroxyl groups excluding tert-OH is 2. The minimum atomic E-state index is -1.33. The zero-order valence-electron chi connectivity index (χ0n) is 5.64. The maximum atomic E-state index is 10.9. The van der Waals surface area contributed by atoms with Crippen molar-refractivity contribution in [1.82, 2.24) is 0 Å². The van der Waals surface area contributed by atoms with Crippen molar-refractivity contribution >= 4 is 5.78 Å². The van der Waals surface area contributed by atoms with Crippen LogP contribution in [0, 0.1) is 0 Å². The summed E-state index contributed by atoms with van der Waals surface area (Å²) in [5, 5.41) is 18.2. The predicted molar refractivity (Wildman–Crippen MR) is 31.6 cm³/mol. The van der Waals surface area contributed by atoms with E-state index in [1.54, 1.807) is 0 Å². The summed E-state index contributed by atoms with van der Waals surface area (Å²) in [5.41, 5.74) is 0. The molecule has 4 atom stereocenters. The molecule has 2 N–H and O–H groups in total. The summed E-state index contributed by atoms with van der Waals surface area (Å²) >= 11 is 0. The van der Waals surface area contributed by atoms with Gasteiger partial charge in [-0.1, -0.05) is 0 Å². The zero-order valence-corrected chi connectivity index (χ0v) is 5.64. The van der Waals surface area contributed by atoms with E-state index in [4.69, 9.17) is 19.7 Å². The minimum absolute atomic E-state index is 0.175. The normalized spacial score (nSPS) is 49.8. The lowest BCUT2D eigenvalue weighted by Crippen LogP contribution is -2.50. The first-order valence-electron chi connectivity index (χ1n) is 3.37. The summed E-state index contributed by atoms with van der Waals surface area (Å²) in [6.07, 6.45) is -4.01. The zero-order chi connectivity index (χ0) is 8.01. The van der Waals surface area contributed by atoms with E-state index in [1.165, 1.54) is 0 Å². The number of hydrogen-bond acceptors (Lipinski definition) is 5. The summed E-state index contributed by atoms with van der Waals surface area (Å²) in [4.78, 5) is 10.9. The SMILES string of the molecule is O=C1[C@H](O)C2OC[C@@H](O2)[C@H]1O. The first-order valence-corrected chi connectivity index (χ1v) is 3.37. The molecule has 1 unspecified atom stereocenters. The first-order chi connectivity index (χ1) is 5.20. The average Bonchev–Trinajstić information content (AvgIpc) is 2.44. The van der Waals surface area contributed by atoms with Gasteiger partial charge in [0.15, 0.2) is 18.2 Å². The van der Waals surface area contributed by atoms with Crippen LogP contribution in [-0.4, -0.2) is 47.2 Å². The topological polar surface area (TPSA) is 76.0 Å². The number of aliphatic hydroxyl groups is 2. The van der Waals surface area contributed by atoms with Crippen molar-refractivity contribution in [1.29, 1.82) is 0 Å². The fraction of sp³-hybridized carbons (Fsp3) is 0.833. The van der Waals surface area contributed by atoms with Crippen LogP contribution in [0.4, 0.5) is 0 Å². The number of fused-ring (bicyclic) bond motifs is 2. The third-order valence-corrected chi connectivity index (χ3v) is 1.93. The van der Waals surface area contributed by atoms with E-state index in [-0.39, 0.29) is 6.61 Å². The number of Topliss-reactive ketones (excluding diaryl/α,β-unsaturated/α-hetero) is 1. The molecule has 2 rings (SSSR count). The van der Waals surface area contributed by atoms with Crippen molar-refractivity contribution in [3.63, 3.8) is 0 Å². The van der Waals surface area contributed by atoms with Gasteiger partial charge in [-0.15, -0.1) is 0 Å². The highest BCUT2D eigenvalue weighted by Gasteiger charge is 2.48. The highest BCUT2D eigenvalue weighted by Crippen LogP contribution is 2.24. The average molecular weight is 160 g/mol. The first kappa shape index (κ1) is 7.17. The van der Waals surface area contributed by atoms with Crippen LogP contribution in [0.5, 0.6) is 0 Å². The maximum Gasteiger partial charge on any atom is 0.197 e. The van der Waals surface area contributed by atoms with Gasteiger partial charge in [-0.05, 0) is 0 Å². The smallest absolute Gasteiger partial charge is 0.197 e. The van der Waals surface area contributed by atoms with E-state index >= 15 is 0 Å². The summed E-state index contributed by atoms with van der Waals surface area (Å²) < 4.78 is 9.83. The summed E-state index contributed by atoms with van der Waals surface area (Å²) in [6.45, 7) is 0.175. The van der Waals surface area contributed by atoms with Gasteiger partial charge in [0.25, 0.3) is 0 Å². The Balaban J connectivity index is 2.23. The Kier molecular flexibility index (Phi) is 1.47. The Morgan fingerprint density at radius 1 is 1.36 bits per heavy atom. The standard InChI is InChI=1S/C6H8O5/c7-3-2-1-10-6(11-2)5(9)4(3)8/h2-3,5-7,9H,1H2/t2-,3-,5+,6?/m1/s1. The van der Waals surface area contributed by atoms with Gasteiger partial charge in [-0.25, -0.2) is 0 Å². The molecule has 0 aromatic heterocycles. The third-order valence-electron chi connectivity index (χ3n) is 1.93. The molecule has 0 aromatic rings. The molecular formula is C6H8O5. The van der Waals surface area contributed by atoms with Crippen molar-refractivity contribution < 1.29 is 24.5 Å². The van der Waals surface area contributed by atoms with Crippen LogP contribution >= 0.6 is 0 Å². The molecule has 11 heavy (non-hydrogen) atoms. The molecule has 5 heteroatoms. The summed E-state index contributed by atoms with van der Waals surface area (Å²) in [6, 6.07) is 0. The van der Waals surface area contributed by atoms with Gasteiger partial charge in [0.2, 0.25) is 0 Å². The minimum Gasteiger partial charge on any atom is -0.382 e. The molecule has 2 saturated heterocycles. The molecular weight excluding hydrogens is 152 g/mol. The van der Waals surface area contributed by atoms with Crippen LogP contribution < -0.4 is 0 Å². The fourth-order valence-electron chi connectivity index (χ4n) is 1.26. The number of carbonyl (C=O) groups is 1. The van der Waals surface area contributed by atoms with Gasteiger partial charge in [0, 0.05) is 0 Å².